The van der Waals surface area contributed by atoms with Crippen molar-refractivity contribution in [3.63, 3.8) is 0 Å². The molecule has 0 aliphatic carbocycles. The molecule has 0 aliphatic rings. The molecule has 0 spiro atoms. The molecule has 0 amide bonds. The van der Waals surface area contributed by atoms with Gasteiger partial charge in [-0.05, 0) is 6.42 Å². The van der Waals surface area contributed by atoms with Gasteiger partial charge in [0.05, 0.1) is 10.6 Å². The van der Waals surface area contributed by atoms with E-state index in [1.54, 1.807) is 0 Å². The van der Waals surface area contributed by atoms with Crippen LogP contribution in [0.1, 0.15) is 23.9 Å². The molecule has 2 N–H and O–H groups in total. The monoisotopic (exact) mass is 168 g/mol. The predicted octanol–water partition coefficient (Wildman–Crippen LogP) is 2.32. The van der Waals surface area contributed by atoms with Crippen LogP contribution < -0.4 is 5.73 Å². The number of nitrogen functional groups attached to an aromatic ring is 1. The predicted molar refractivity (Wildman–Crippen MR) is 50.6 cm³/mol. The maximum Gasteiger partial charge on any atom is 0.180 e. The fraction of sp³-hybridized carbons (Fsp3) is 0.375. The number of rotatable bonds is 3. The van der Waals surface area contributed by atoms with Crippen molar-refractivity contribution >= 4 is 22.5 Å². The summed E-state index contributed by atoms with van der Waals surface area (Å²) in [7, 11) is 0. The second-order valence-corrected chi connectivity index (χ2v) is 3.38. The number of aryl methyl sites for hydroxylation is 1. The van der Waals surface area contributed by atoms with Crippen LogP contribution in [-0.2, 0) is 6.42 Å². The van der Waals surface area contributed by atoms with E-state index in [-0.39, 0.29) is 0 Å². The number of nitrogens with two attached hydrogens (primary N) is 1. The molecule has 3 heteroatoms. The zero-order chi connectivity index (χ0) is 8.27. The minimum Gasteiger partial charge on any atom is -0.375 e. The Kier molecular flexibility index (Phi) is 2.65. The first-order valence-electron chi connectivity index (χ1n) is 3.65. The van der Waals surface area contributed by atoms with E-state index >= 15 is 0 Å². The third-order valence-electron chi connectivity index (χ3n) is 1.42. The van der Waals surface area contributed by atoms with E-state index in [0.717, 1.165) is 23.4 Å². The lowest BCUT2D eigenvalue weighted by Crippen LogP contribution is -1.87. The largest absolute Gasteiger partial charge is 0.375 e. The van der Waals surface area contributed by atoms with Crippen molar-refractivity contribution in [3.8, 4) is 0 Å². The Labute approximate surface area is 70.8 Å². The van der Waals surface area contributed by atoms with Crippen molar-refractivity contribution < 1.29 is 0 Å². The molecule has 1 heterocycles. The minimum atomic E-state index is 0.642. The van der Waals surface area contributed by atoms with Crippen LogP contribution in [0.25, 0.3) is 6.08 Å². The quantitative estimate of drug-likeness (QED) is 0.752. The molecular formula is C8H12N2S. The standard InChI is InChI=1S/C8H12N2S/c1-3-5-6-7(4-2)11-8(9)10-6/h4H,2-3,5H2,1H3,(H2,9,10). The van der Waals surface area contributed by atoms with Gasteiger partial charge in [0, 0.05) is 0 Å². The Morgan fingerprint density at radius 2 is 2.45 bits per heavy atom. The van der Waals surface area contributed by atoms with Crippen LogP contribution in [0.4, 0.5) is 5.13 Å². The topological polar surface area (TPSA) is 38.9 Å². The summed E-state index contributed by atoms with van der Waals surface area (Å²) in [4.78, 5) is 5.31. The van der Waals surface area contributed by atoms with E-state index in [2.05, 4.69) is 18.5 Å². The zero-order valence-electron chi connectivity index (χ0n) is 6.63. The SMILES string of the molecule is C=Cc1sc(N)nc1CCC. The average Bonchev–Trinajstić information content (AvgIpc) is 2.32. The first-order chi connectivity index (χ1) is 5.27. The number of hydrogen-bond acceptors (Lipinski definition) is 3. The first kappa shape index (κ1) is 8.27. The third kappa shape index (κ3) is 1.80. The molecule has 0 aliphatic heterocycles. The van der Waals surface area contributed by atoms with E-state index in [4.69, 9.17) is 5.73 Å². The number of anilines is 1. The molecule has 0 saturated carbocycles. The Morgan fingerprint density at radius 1 is 1.73 bits per heavy atom. The lowest BCUT2D eigenvalue weighted by Gasteiger charge is -1.91. The van der Waals surface area contributed by atoms with Gasteiger partial charge in [0.15, 0.2) is 5.13 Å². The average molecular weight is 168 g/mol. The molecule has 1 aromatic heterocycles. The van der Waals surface area contributed by atoms with E-state index in [0.29, 0.717) is 5.13 Å². The molecule has 1 aromatic rings. The van der Waals surface area contributed by atoms with Crippen LogP contribution >= 0.6 is 11.3 Å². The second-order valence-electron chi connectivity index (χ2n) is 2.32. The molecule has 60 valence electrons. The molecule has 11 heavy (non-hydrogen) atoms. The smallest absolute Gasteiger partial charge is 0.180 e. The number of aromatic nitrogens is 1. The van der Waals surface area contributed by atoms with Crippen molar-refractivity contribution in [2.45, 2.75) is 19.8 Å². The number of thiazole rings is 1. The Bertz CT molecular complexity index is 253. The van der Waals surface area contributed by atoms with Gasteiger partial charge in [0.2, 0.25) is 0 Å². The molecule has 2 nitrogen and oxygen atoms in total. The molecule has 0 radical (unpaired) electrons. The zero-order valence-corrected chi connectivity index (χ0v) is 7.45. The lowest BCUT2D eigenvalue weighted by molar-refractivity contribution is 0.892. The highest BCUT2D eigenvalue weighted by Crippen LogP contribution is 2.22. The molecule has 0 unspecified atom stereocenters. The van der Waals surface area contributed by atoms with Gasteiger partial charge >= 0.3 is 0 Å². The maximum atomic E-state index is 5.54. The second kappa shape index (κ2) is 3.53. The van der Waals surface area contributed by atoms with Crippen molar-refractivity contribution in [2.75, 3.05) is 5.73 Å². The minimum absolute atomic E-state index is 0.642. The normalized spacial score (nSPS) is 9.91. The van der Waals surface area contributed by atoms with E-state index < -0.39 is 0 Å². The summed E-state index contributed by atoms with van der Waals surface area (Å²) in [6.07, 6.45) is 3.91. The summed E-state index contributed by atoms with van der Waals surface area (Å²) < 4.78 is 0. The van der Waals surface area contributed by atoms with Crippen molar-refractivity contribution in [2.24, 2.45) is 0 Å². The summed E-state index contributed by atoms with van der Waals surface area (Å²) in [5, 5.41) is 0.642. The van der Waals surface area contributed by atoms with Crippen LogP contribution in [0.3, 0.4) is 0 Å². The molecule has 0 bridgehead atoms. The van der Waals surface area contributed by atoms with Gasteiger partial charge in [0.1, 0.15) is 0 Å². The van der Waals surface area contributed by atoms with Crippen LogP contribution in [0, 0.1) is 0 Å². The Morgan fingerprint density at radius 3 is 3.00 bits per heavy atom. The number of hydrogen-bond donors (Lipinski definition) is 1. The molecule has 0 saturated heterocycles. The molecule has 1 rings (SSSR count). The van der Waals surface area contributed by atoms with Crippen LogP contribution in [0.15, 0.2) is 6.58 Å². The maximum absolute atomic E-state index is 5.54. The Balaban J connectivity index is 2.92. The molecule has 0 aromatic carbocycles. The summed E-state index contributed by atoms with van der Waals surface area (Å²) >= 11 is 1.50. The van der Waals surface area contributed by atoms with Gasteiger partial charge in [-0.2, -0.15) is 0 Å². The fourth-order valence-corrected chi connectivity index (χ4v) is 1.69. The highest BCUT2D eigenvalue weighted by molar-refractivity contribution is 7.16. The van der Waals surface area contributed by atoms with E-state index in [1.165, 1.54) is 11.3 Å². The van der Waals surface area contributed by atoms with Gasteiger partial charge in [-0.15, -0.1) is 0 Å². The lowest BCUT2D eigenvalue weighted by atomic mass is 10.2. The fourth-order valence-electron chi connectivity index (χ4n) is 0.958. The molecular weight excluding hydrogens is 156 g/mol. The number of nitrogens with zero attached hydrogens (tertiary/aromatic N) is 1. The van der Waals surface area contributed by atoms with Gasteiger partial charge in [-0.25, -0.2) is 4.98 Å². The third-order valence-corrected chi connectivity index (χ3v) is 2.34. The summed E-state index contributed by atoms with van der Waals surface area (Å²) in [5.41, 5.74) is 6.63. The summed E-state index contributed by atoms with van der Waals surface area (Å²) in [5.74, 6) is 0. The van der Waals surface area contributed by atoms with E-state index in [9.17, 15) is 0 Å². The van der Waals surface area contributed by atoms with Crippen molar-refractivity contribution in [1.29, 1.82) is 0 Å². The van der Waals surface area contributed by atoms with Gasteiger partial charge in [-0.1, -0.05) is 37.3 Å². The molecule has 0 atom stereocenters. The Hall–Kier alpha value is -0.830. The molecule has 0 fully saturated rings. The van der Waals surface area contributed by atoms with Crippen molar-refractivity contribution in [3.05, 3.63) is 17.2 Å². The summed E-state index contributed by atoms with van der Waals surface area (Å²) in [6.45, 7) is 5.83. The first-order valence-corrected chi connectivity index (χ1v) is 4.47. The van der Waals surface area contributed by atoms with Crippen LogP contribution in [-0.4, -0.2) is 4.98 Å². The highest BCUT2D eigenvalue weighted by atomic mass is 32.1. The van der Waals surface area contributed by atoms with Gasteiger partial charge < -0.3 is 5.73 Å². The van der Waals surface area contributed by atoms with E-state index in [1.807, 2.05) is 6.08 Å². The van der Waals surface area contributed by atoms with Gasteiger partial charge in [-0.3, -0.25) is 0 Å². The summed E-state index contributed by atoms with van der Waals surface area (Å²) in [6, 6.07) is 0. The van der Waals surface area contributed by atoms with Crippen LogP contribution in [0.2, 0.25) is 0 Å². The van der Waals surface area contributed by atoms with Crippen molar-refractivity contribution in [1.82, 2.24) is 4.98 Å². The van der Waals surface area contributed by atoms with Gasteiger partial charge in [0.25, 0.3) is 0 Å². The van der Waals surface area contributed by atoms with Crippen LogP contribution in [0.5, 0.6) is 0 Å². The highest BCUT2D eigenvalue weighted by Gasteiger charge is 2.04.